The summed E-state index contributed by atoms with van der Waals surface area (Å²) in [5.41, 5.74) is -0.375. The summed E-state index contributed by atoms with van der Waals surface area (Å²) in [5, 5.41) is 5.52. The number of benzene rings is 1. The molecule has 1 aliphatic rings. The molecule has 1 fully saturated rings. The second-order valence-electron chi connectivity index (χ2n) is 5.59. The van der Waals surface area contributed by atoms with Crippen LogP contribution in [-0.4, -0.2) is 18.5 Å². The van der Waals surface area contributed by atoms with E-state index in [1.165, 1.54) is 18.9 Å². The van der Waals surface area contributed by atoms with Gasteiger partial charge < -0.3 is 10.6 Å². The smallest absolute Gasteiger partial charge is 0.238 e. The van der Waals surface area contributed by atoms with Gasteiger partial charge in [-0.3, -0.25) is 4.79 Å². The van der Waals surface area contributed by atoms with Crippen molar-refractivity contribution in [2.45, 2.75) is 45.1 Å². The second-order valence-corrected chi connectivity index (χ2v) is 5.59. The summed E-state index contributed by atoms with van der Waals surface area (Å²) in [5.74, 6) is -1.35. The van der Waals surface area contributed by atoms with E-state index in [0.717, 1.165) is 31.4 Å². The molecule has 0 saturated heterocycles. The Hall–Kier alpha value is -1.49. The number of para-hydroxylation sites is 1. The van der Waals surface area contributed by atoms with Crippen LogP contribution < -0.4 is 10.6 Å². The SMILES string of the molecule is CCC1CCCCC1NCC(=O)Nc1c(F)cccc1F. The summed E-state index contributed by atoms with van der Waals surface area (Å²) in [7, 11) is 0. The average Bonchev–Trinajstić information content (AvgIpc) is 2.49. The molecule has 0 spiro atoms. The van der Waals surface area contributed by atoms with Gasteiger partial charge in [-0.15, -0.1) is 0 Å². The average molecular weight is 296 g/mol. The van der Waals surface area contributed by atoms with Gasteiger partial charge >= 0.3 is 0 Å². The van der Waals surface area contributed by atoms with Gasteiger partial charge in [0.15, 0.2) is 0 Å². The standard InChI is InChI=1S/C16H22F2N2O/c1-2-11-6-3-4-9-14(11)19-10-15(21)20-16-12(17)7-5-8-13(16)18/h5,7-8,11,14,19H,2-4,6,9-10H2,1H3,(H,20,21). The first-order valence-corrected chi connectivity index (χ1v) is 7.59. The zero-order valence-electron chi connectivity index (χ0n) is 12.3. The Bertz CT molecular complexity index is 473. The molecule has 116 valence electrons. The van der Waals surface area contributed by atoms with E-state index in [1.54, 1.807) is 0 Å². The van der Waals surface area contributed by atoms with Gasteiger partial charge in [0.25, 0.3) is 0 Å². The van der Waals surface area contributed by atoms with Crippen LogP contribution in [0.25, 0.3) is 0 Å². The number of carbonyl (C=O) groups is 1. The Morgan fingerprint density at radius 1 is 1.24 bits per heavy atom. The van der Waals surface area contributed by atoms with E-state index in [4.69, 9.17) is 0 Å². The molecule has 1 saturated carbocycles. The van der Waals surface area contributed by atoms with Crippen LogP contribution in [0.5, 0.6) is 0 Å². The molecule has 5 heteroatoms. The molecule has 1 aliphatic carbocycles. The van der Waals surface area contributed by atoms with E-state index in [1.807, 2.05) is 0 Å². The topological polar surface area (TPSA) is 41.1 Å². The highest BCUT2D eigenvalue weighted by atomic mass is 19.1. The Kier molecular flexibility index (Phi) is 5.67. The number of hydrogen-bond acceptors (Lipinski definition) is 2. The van der Waals surface area contributed by atoms with Crippen molar-refractivity contribution in [2.75, 3.05) is 11.9 Å². The third-order valence-corrected chi connectivity index (χ3v) is 4.19. The van der Waals surface area contributed by atoms with Gasteiger partial charge in [-0.2, -0.15) is 0 Å². The minimum atomic E-state index is -0.757. The van der Waals surface area contributed by atoms with Crippen molar-refractivity contribution in [1.29, 1.82) is 0 Å². The summed E-state index contributed by atoms with van der Waals surface area (Å²) in [6.07, 6.45) is 5.72. The molecule has 1 aromatic carbocycles. The van der Waals surface area contributed by atoms with Gasteiger partial charge in [-0.25, -0.2) is 8.78 Å². The van der Waals surface area contributed by atoms with Crippen LogP contribution in [0.3, 0.4) is 0 Å². The lowest BCUT2D eigenvalue weighted by Crippen LogP contribution is -2.42. The first-order chi connectivity index (χ1) is 10.1. The number of nitrogens with one attached hydrogen (secondary N) is 2. The molecule has 21 heavy (non-hydrogen) atoms. The highest BCUT2D eigenvalue weighted by molar-refractivity contribution is 5.92. The highest BCUT2D eigenvalue weighted by Crippen LogP contribution is 2.26. The second kappa shape index (κ2) is 7.50. The van der Waals surface area contributed by atoms with Gasteiger partial charge in [-0.05, 0) is 30.9 Å². The fourth-order valence-corrected chi connectivity index (χ4v) is 2.99. The van der Waals surface area contributed by atoms with E-state index in [0.29, 0.717) is 12.0 Å². The zero-order valence-corrected chi connectivity index (χ0v) is 12.3. The van der Waals surface area contributed by atoms with Crippen LogP contribution in [-0.2, 0) is 4.79 Å². The van der Waals surface area contributed by atoms with Gasteiger partial charge in [0.05, 0.1) is 6.54 Å². The Morgan fingerprint density at radius 3 is 2.57 bits per heavy atom. The molecule has 0 radical (unpaired) electrons. The summed E-state index contributed by atoms with van der Waals surface area (Å²) < 4.78 is 26.9. The fourth-order valence-electron chi connectivity index (χ4n) is 2.99. The molecule has 2 atom stereocenters. The largest absolute Gasteiger partial charge is 0.320 e. The zero-order chi connectivity index (χ0) is 15.2. The van der Waals surface area contributed by atoms with Crippen molar-refractivity contribution in [3.8, 4) is 0 Å². The van der Waals surface area contributed by atoms with Crippen molar-refractivity contribution >= 4 is 11.6 Å². The van der Waals surface area contributed by atoms with E-state index in [-0.39, 0.29) is 12.2 Å². The number of hydrogen-bond donors (Lipinski definition) is 2. The molecule has 0 aromatic heterocycles. The molecular weight excluding hydrogens is 274 g/mol. The Balaban J connectivity index is 1.87. The van der Waals surface area contributed by atoms with E-state index >= 15 is 0 Å². The van der Waals surface area contributed by atoms with Crippen molar-refractivity contribution < 1.29 is 13.6 Å². The van der Waals surface area contributed by atoms with Gasteiger partial charge in [0.2, 0.25) is 5.91 Å². The van der Waals surface area contributed by atoms with Crippen LogP contribution in [0, 0.1) is 17.6 Å². The lowest BCUT2D eigenvalue weighted by Gasteiger charge is -2.31. The van der Waals surface area contributed by atoms with Gasteiger partial charge in [0.1, 0.15) is 17.3 Å². The van der Waals surface area contributed by atoms with Gasteiger partial charge in [-0.1, -0.05) is 32.3 Å². The summed E-state index contributed by atoms with van der Waals surface area (Å²) >= 11 is 0. The predicted molar refractivity (Wildman–Crippen MR) is 79.0 cm³/mol. The van der Waals surface area contributed by atoms with Crippen molar-refractivity contribution in [3.63, 3.8) is 0 Å². The lowest BCUT2D eigenvalue weighted by atomic mass is 9.83. The van der Waals surface area contributed by atoms with Crippen LogP contribution >= 0.6 is 0 Å². The number of halogens is 2. The number of carbonyl (C=O) groups excluding carboxylic acids is 1. The first-order valence-electron chi connectivity index (χ1n) is 7.59. The summed E-state index contributed by atoms with van der Waals surface area (Å²) in [6.45, 7) is 2.23. The monoisotopic (exact) mass is 296 g/mol. The highest BCUT2D eigenvalue weighted by Gasteiger charge is 2.23. The van der Waals surface area contributed by atoms with Gasteiger partial charge in [0, 0.05) is 6.04 Å². The molecule has 2 rings (SSSR count). The number of rotatable bonds is 5. The molecule has 1 amide bonds. The normalized spacial score (nSPS) is 22.0. The third-order valence-electron chi connectivity index (χ3n) is 4.19. The summed E-state index contributed by atoms with van der Waals surface area (Å²) in [6, 6.07) is 3.84. The lowest BCUT2D eigenvalue weighted by molar-refractivity contribution is -0.115. The van der Waals surface area contributed by atoms with Crippen LogP contribution in [0.4, 0.5) is 14.5 Å². The maximum absolute atomic E-state index is 13.4. The quantitative estimate of drug-likeness (QED) is 0.873. The van der Waals surface area contributed by atoms with E-state index in [2.05, 4.69) is 17.6 Å². The van der Waals surface area contributed by atoms with Crippen LogP contribution in [0.15, 0.2) is 18.2 Å². The van der Waals surface area contributed by atoms with Crippen molar-refractivity contribution in [1.82, 2.24) is 5.32 Å². The molecule has 2 N–H and O–H groups in total. The third kappa shape index (κ3) is 4.24. The Morgan fingerprint density at radius 2 is 1.90 bits per heavy atom. The van der Waals surface area contributed by atoms with Crippen molar-refractivity contribution in [3.05, 3.63) is 29.8 Å². The van der Waals surface area contributed by atoms with E-state index in [9.17, 15) is 13.6 Å². The maximum Gasteiger partial charge on any atom is 0.238 e. The molecular formula is C16H22F2N2O. The molecule has 3 nitrogen and oxygen atoms in total. The molecule has 0 bridgehead atoms. The molecule has 0 aliphatic heterocycles. The first kappa shape index (κ1) is 15.9. The minimum absolute atomic E-state index is 0.0783. The van der Waals surface area contributed by atoms with Crippen LogP contribution in [0.2, 0.25) is 0 Å². The number of anilines is 1. The van der Waals surface area contributed by atoms with Crippen molar-refractivity contribution in [2.24, 2.45) is 5.92 Å². The number of amides is 1. The maximum atomic E-state index is 13.4. The fraction of sp³-hybridized carbons (Fsp3) is 0.562. The molecule has 2 unspecified atom stereocenters. The van der Waals surface area contributed by atoms with Crippen LogP contribution in [0.1, 0.15) is 39.0 Å². The molecule has 0 heterocycles. The van der Waals surface area contributed by atoms with E-state index < -0.39 is 17.5 Å². The Labute approximate surface area is 124 Å². The predicted octanol–water partition coefficient (Wildman–Crippen LogP) is 3.46. The summed E-state index contributed by atoms with van der Waals surface area (Å²) in [4.78, 5) is 11.8. The molecule has 1 aromatic rings. The minimum Gasteiger partial charge on any atom is -0.320 e.